The van der Waals surface area contributed by atoms with E-state index in [2.05, 4.69) is 28.1 Å². The molecule has 2 saturated heterocycles. The highest BCUT2D eigenvalue weighted by Crippen LogP contribution is 2.62. The Balaban J connectivity index is 1.48. The molecule has 2 aliphatic heterocycles. The number of carbonyl (C=O) groups excluding carboxylic acids is 2. The summed E-state index contributed by atoms with van der Waals surface area (Å²) in [5, 5.41) is 0. The fourth-order valence-corrected chi connectivity index (χ4v) is 6.16. The van der Waals surface area contributed by atoms with Crippen LogP contribution < -0.4 is 0 Å². The highest BCUT2D eigenvalue weighted by atomic mass is 79.9. The molecule has 166 valence electrons. The second-order valence-corrected chi connectivity index (χ2v) is 10.6. The lowest BCUT2D eigenvalue weighted by Crippen LogP contribution is -2.63. The Hall–Kier alpha value is -1.70. The first-order valence-corrected chi connectivity index (χ1v) is 11.6. The first-order chi connectivity index (χ1) is 14.8. The summed E-state index contributed by atoms with van der Waals surface area (Å²) in [4.78, 5) is 25.7. The SMILES string of the molecule is CC1(C)OCC2(CC[C@@H](OC(=O)c3ccc(Br)cc3)[C@]34COC(=O)[C@H]3CC=C[C@@H]24)CO1. The van der Waals surface area contributed by atoms with Crippen molar-refractivity contribution in [1.29, 1.82) is 0 Å². The molecule has 7 heteroatoms. The van der Waals surface area contributed by atoms with Gasteiger partial charge in [0.05, 0.1) is 30.1 Å². The van der Waals surface area contributed by atoms with Crippen LogP contribution in [0, 0.1) is 22.7 Å². The van der Waals surface area contributed by atoms with Crippen molar-refractivity contribution in [1.82, 2.24) is 0 Å². The molecule has 0 bridgehead atoms. The Morgan fingerprint density at radius 2 is 1.84 bits per heavy atom. The maximum absolute atomic E-state index is 13.0. The van der Waals surface area contributed by atoms with Crippen LogP contribution in [0.25, 0.3) is 0 Å². The minimum Gasteiger partial charge on any atom is -0.465 e. The van der Waals surface area contributed by atoms with Crippen molar-refractivity contribution < 1.29 is 28.5 Å². The summed E-state index contributed by atoms with van der Waals surface area (Å²) in [5.41, 5.74) is -0.363. The summed E-state index contributed by atoms with van der Waals surface area (Å²) in [7, 11) is 0. The minimum absolute atomic E-state index is 0.0298. The molecule has 31 heavy (non-hydrogen) atoms. The van der Waals surface area contributed by atoms with Gasteiger partial charge in [-0.25, -0.2) is 4.79 Å². The zero-order valence-electron chi connectivity index (χ0n) is 17.8. The van der Waals surface area contributed by atoms with Gasteiger partial charge in [0, 0.05) is 15.8 Å². The van der Waals surface area contributed by atoms with Crippen LogP contribution in [0.3, 0.4) is 0 Å². The van der Waals surface area contributed by atoms with Crippen LogP contribution in [-0.4, -0.2) is 43.7 Å². The average molecular weight is 491 g/mol. The number of rotatable bonds is 2. The van der Waals surface area contributed by atoms with Crippen molar-refractivity contribution in [3.05, 3.63) is 46.5 Å². The maximum atomic E-state index is 13.0. The molecule has 2 aliphatic carbocycles. The monoisotopic (exact) mass is 490 g/mol. The summed E-state index contributed by atoms with van der Waals surface area (Å²) in [6.45, 7) is 5.19. The smallest absolute Gasteiger partial charge is 0.338 e. The number of hydrogen-bond donors (Lipinski definition) is 0. The topological polar surface area (TPSA) is 71.1 Å². The molecule has 6 nitrogen and oxygen atoms in total. The van der Waals surface area contributed by atoms with E-state index in [4.69, 9.17) is 18.9 Å². The lowest BCUT2D eigenvalue weighted by atomic mass is 9.48. The van der Waals surface area contributed by atoms with E-state index in [0.29, 0.717) is 31.6 Å². The third kappa shape index (κ3) is 3.36. The van der Waals surface area contributed by atoms with Crippen LogP contribution in [-0.2, 0) is 23.7 Å². The minimum atomic E-state index is -0.622. The number of halogens is 1. The third-order valence-electron chi connectivity index (χ3n) is 7.58. The second-order valence-electron chi connectivity index (χ2n) is 9.69. The van der Waals surface area contributed by atoms with E-state index >= 15 is 0 Å². The number of carbonyl (C=O) groups is 2. The number of hydrogen-bond acceptors (Lipinski definition) is 6. The van der Waals surface area contributed by atoms with Crippen molar-refractivity contribution >= 4 is 27.9 Å². The number of cyclic esters (lactones) is 1. The molecular weight excluding hydrogens is 464 g/mol. The highest BCUT2D eigenvalue weighted by Gasteiger charge is 2.68. The molecule has 0 unspecified atom stereocenters. The van der Waals surface area contributed by atoms with Crippen molar-refractivity contribution in [2.75, 3.05) is 19.8 Å². The summed E-state index contributed by atoms with van der Waals surface area (Å²) >= 11 is 3.39. The van der Waals surface area contributed by atoms with Crippen LogP contribution in [0.15, 0.2) is 40.9 Å². The molecule has 2 spiro atoms. The molecule has 1 saturated carbocycles. The third-order valence-corrected chi connectivity index (χ3v) is 8.11. The molecule has 5 rings (SSSR count). The van der Waals surface area contributed by atoms with Gasteiger partial charge in [-0.15, -0.1) is 0 Å². The zero-order chi connectivity index (χ0) is 21.9. The van der Waals surface area contributed by atoms with Gasteiger partial charge in [0.25, 0.3) is 0 Å². The van der Waals surface area contributed by atoms with E-state index in [1.807, 2.05) is 26.0 Å². The van der Waals surface area contributed by atoms with Crippen molar-refractivity contribution in [2.24, 2.45) is 22.7 Å². The Kier molecular flexibility index (Phi) is 5.07. The van der Waals surface area contributed by atoms with E-state index in [-0.39, 0.29) is 35.8 Å². The van der Waals surface area contributed by atoms with Gasteiger partial charge in [-0.1, -0.05) is 28.1 Å². The van der Waals surface area contributed by atoms with Gasteiger partial charge in [0.15, 0.2) is 5.79 Å². The van der Waals surface area contributed by atoms with Crippen LogP contribution in [0.1, 0.15) is 43.5 Å². The molecule has 3 fully saturated rings. The molecule has 1 aromatic carbocycles. The van der Waals surface area contributed by atoms with Gasteiger partial charge in [0.1, 0.15) is 12.7 Å². The lowest BCUT2D eigenvalue weighted by molar-refractivity contribution is -0.310. The Labute approximate surface area is 190 Å². The lowest BCUT2D eigenvalue weighted by Gasteiger charge is -2.59. The molecule has 0 amide bonds. The van der Waals surface area contributed by atoms with Crippen LogP contribution in [0.2, 0.25) is 0 Å². The van der Waals surface area contributed by atoms with Gasteiger partial charge in [0.2, 0.25) is 0 Å². The van der Waals surface area contributed by atoms with E-state index < -0.39 is 17.3 Å². The molecular formula is C24H27BrO6. The molecule has 2 heterocycles. The van der Waals surface area contributed by atoms with Crippen molar-refractivity contribution in [2.45, 2.75) is 45.0 Å². The first kappa shape index (κ1) is 21.2. The number of allylic oxidation sites excluding steroid dienone is 2. The van der Waals surface area contributed by atoms with E-state index in [0.717, 1.165) is 10.9 Å². The van der Waals surface area contributed by atoms with E-state index in [9.17, 15) is 9.59 Å². The van der Waals surface area contributed by atoms with Crippen molar-refractivity contribution in [3.63, 3.8) is 0 Å². The van der Waals surface area contributed by atoms with Gasteiger partial charge >= 0.3 is 11.9 Å². The van der Waals surface area contributed by atoms with Gasteiger partial charge in [-0.2, -0.15) is 0 Å². The quantitative estimate of drug-likeness (QED) is 0.455. The molecule has 0 aromatic heterocycles. The van der Waals surface area contributed by atoms with Crippen LogP contribution in [0.5, 0.6) is 0 Å². The fraction of sp³-hybridized carbons (Fsp3) is 0.583. The zero-order valence-corrected chi connectivity index (χ0v) is 19.4. The molecule has 4 atom stereocenters. The number of benzene rings is 1. The Bertz CT molecular complexity index is 913. The molecule has 0 N–H and O–H groups in total. The predicted molar refractivity (Wildman–Crippen MR) is 115 cm³/mol. The second kappa shape index (κ2) is 7.42. The van der Waals surface area contributed by atoms with Crippen molar-refractivity contribution in [3.8, 4) is 0 Å². The standard InChI is InChI=1S/C24H27BrO6/c1-22(2)29-12-23(13-30-22)11-10-19(31-20(26)15-6-8-16(25)9-7-15)24-14-28-21(27)17(24)4-3-5-18(23)24/h3,5-9,17-19H,4,10-14H2,1-2H3/t17-,18+,19-,24-/m1/s1. The molecule has 1 aromatic rings. The average Bonchev–Trinajstić information content (AvgIpc) is 3.10. The fourth-order valence-electron chi connectivity index (χ4n) is 5.90. The van der Waals surface area contributed by atoms with Crippen LogP contribution in [0.4, 0.5) is 0 Å². The van der Waals surface area contributed by atoms with Gasteiger partial charge in [-0.3, -0.25) is 4.79 Å². The van der Waals surface area contributed by atoms with Gasteiger partial charge < -0.3 is 18.9 Å². The first-order valence-electron chi connectivity index (χ1n) is 10.8. The maximum Gasteiger partial charge on any atom is 0.338 e. The molecule has 0 radical (unpaired) electrons. The Morgan fingerprint density at radius 3 is 2.55 bits per heavy atom. The number of ether oxygens (including phenoxy) is 4. The largest absolute Gasteiger partial charge is 0.465 e. The normalized spacial score (nSPS) is 35.2. The molecule has 4 aliphatic rings. The Morgan fingerprint density at radius 1 is 1.13 bits per heavy atom. The predicted octanol–water partition coefficient (Wildman–Crippen LogP) is 4.27. The van der Waals surface area contributed by atoms with E-state index in [1.54, 1.807) is 12.1 Å². The summed E-state index contributed by atoms with van der Waals surface area (Å²) in [6.07, 6.45) is 5.89. The van der Waals surface area contributed by atoms with Gasteiger partial charge in [-0.05, 0) is 57.4 Å². The summed E-state index contributed by atoms with van der Waals surface area (Å²) < 4.78 is 24.8. The van der Waals surface area contributed by atoms with Crippen LogP contribution >= 0.6 is 15.9 Å². The number of esters is 2. The summed E-state index contributed by atoms with van der Waals surface area (Å²) in [5.74, 6) is -1.54. The summed E-state index contributed by atoms with van der Waals surface area (Å²) in [6, 6.07) is 7.12. The number of fused-ring (bicyclic) bond motifs is 1. The highest BCUT2D eigenvalue weighted by molar-refractivity contribution is 9.10. The van der Waals surface area contributed by atoms with E-state index in [1.165, 1.54) is 0 Å².